The van der Waals surface area contributed by atoms with E-state index in [4.69, 9.17) is 4.74 Å². The summed E-state index contributed by atoms with van der Waals surface area (Å²) in [5.74, 6) is 0.665. The Morgan fingerprint density at radius 3 is 2.67 bits per heavy atom. The maximum Gasteiger partial charge on any atom is 0.0757 e. The van der Waals surface area contributed by atoms with Gasteiger partial charge in [0.05, 0.1) is 6.10 Å². The van der Waals surface area contributed by atoms with E-state index in [1.807, 2.05) is 0 Å². The van der Waals surface area contributed by atoms with Gasteiger partial charge in [0.2, 0.25) is 0 Å². The third kappa shape index (κ3) is 3.68. The average Bonchev–Trinajstić information content (AvgIpc) is 2.78. The molecule has 0 aromatic heterocycles. The van der Waals surface area contributed by atoms with Crippen molar-refractivity contribution < 1.29 is 4.74 Å². The molecule has 2 rings (SSSR count). The first-order valence-electron chi connectivity index (χ1n) is 6.80. The van der Waals surface area contributed by atoms with Crippen LogP contribution in [0.5, 0.6) is 0 Å². The fourth-order valence-electron chi connectivity index (χ4n) is 2.67. The number of hydrogen-bond donors (Lipinski definition) is 1. The fourth-order valence-corrected chi connectivity index (χ4v) is 3.03. The lowest BCUT2D eigenvalue weighted by atomic mass is 9.93. The van der Waals surface area contributed by atoms with E-state index in [0.717, 1.165) is 19.6 Å². The predicted octanol–water partition coefficient (Wildman–Crippen LogP) is 3.24. The second-order valence-corrected chi connectivity index (χ2v) is 6.34. The first-order chi connectivity index (χ1) is 8.70. The van der Waals surface area contributed by atoms with Crippen molar-refractivity contribution in [1.82, 2.24) is 5.32 Å². The van der Waals surface area contributed by atoms with Crippen LogP contribution in [-0.4, -0.2) is 25.3 Å². The summed E-state index contributed by atoms with van der Waals surface area (Å²) in [6.07, 6.45) is 2.61. The molecule has 0 amide bonds. The zero-order valence-corrected chi connectivity index (χ0v) is 13.3. The van der Waals surface area contributed by atoms with Crippen LogP contribution < -0.4 is 5.32 Å². The van der Waals surface area contributed by atoms with Gasteiger partial charge in [-0.15, -0.1) is 0 Å². The van der Waals surface area contributed by atoms with Gasteiger partial charge in [-0.3, -0.25) is 0 Å². The van der Waals surface area contributed by atoms with Gasteiger partial charge in [0.1, 0.15) is 0 Å². The Kier molecular flexibility index (Phi) is 5.45. The molecule has 1 saturated heterocycles. The van der Waals surface area contributed by atoms with Crippen molar-refractivity contribution in [1.29, 1.82) is 0 Å². The van der Waals surface area contributed by atoms with E-state index in [1.54, 1.807) is 0 Å². The topological polar surface area (TPSA) is 21.3 Å². The van der Waals surface area contributed by atoms with Crippen LogP contribution >= 0.6 is 22.6 Å². The Labute approximate surface area is 124 Å². The quantitative estimate of drug-likeness (QED) is 0.815. The lowest BCUT2D eigenvalue weighted by molar-refractivity contribution is 0.0615. The minimum absolute atomic E-state index is 0.365. The first kappa shape index (κ1) is 14.3. The van der Waals surface area contributed by atoms with Crippen LogP contribution in [0, 0.1) is 9.49 Å². The monoisotopic (exact) mass is 359 g/mol. The predicted molar refractivity (Wildman–Crippen MR) is 83.8 cm³/mol. The molecule has 0 spiro atoms. The van der Waals surface area contributed by atoms with Gasteiger partial charge in [-0.05, 0) is 65.6 Å². The Morgan fingerprint density at radius 1 is 1.39 bits per heavy atom. The Hall–Kier alpha value is -0.130. The second-order valence-electron chi connectivity index (χ2n) is 5.10. The molecule has 1 aliphatic rings. The molecule has 18 heavy (non-hydrogen) atoms. The third-order valence-electron chi connectivity index (χ3n) is 3.68. The zero-order valence-electron chi connectivity index (χ0n) is 11.2. The smallest absolute Gasteiger partial charge is 0.0757 e. The molecule has 1 aliphatic heterocycles. The molecule has 1 N–H and O–H groups in total. The van der Waals surface area contributed by atoms with Crippen LogP contribution in [0.1, 0.15) is 25.8 Å². The fraction of sp³-hybridized carbons (Fsp3) is 0.600. The molecular formula is C15H22INO. The summed E-state index contributed by atoms with van der Waals surface area (Å²) < 4.78 is 7.21. The van der Waals surface area contributed by atoms with Crippen molar-refractivity contribution in [2.24, 2.45) is 5.92 Å². The van der Waals surface area contributed by atoms with E-state index < -0.39 is 0 Å². The molecule has 2 nitrogen and oxygen atoms in total. The minimum atomic E-state index is 0.365. The number of rotatable bonds is 5. The number of benzene rings is 1. The molecule has 1 heterocycles. The van der Waals surface area contributed by atoms with Crippen molar-refractivity contribution in [3.8, 4) is 0 Å². The molecule has 3 unspecified atom stereocenters. The molecule has 100 valence electrons. The molecular weight excluding hydrogens is 337 g/mol. The lowest BCUT2D eigenvalue weighted by Gasteiger charge is -2.27. The van der Waals surface area contributed by atoms with Gasteiger partial charge in [0.15, 0.2) is 0 Å². The molecule has 3 atom stereocenters. The summed E-state index contributed by atoms with van der Waals surface area (Å²) in [5.41, 5.74) is 1.39. The zero-order chi connectivity index (χ0) is 13.0. The maximum atomic E-state index is 5.91. The van der Waals surface area contributed by atoms with Gasteiger partial charge >= 0.3 is 0 Å². The summed E-state index contributed by atoms with van der Waals surface area (Å²) >= 11 is 2.35. The molecule has 3 heteroatoms. The van der Waals surface area contributed by atoms with Gasteiger partial charge in [-0.25, -0.2) is 0 Å². The van der Waals surface area contributed by atoms with Gasteiger partial charge in [-0.2, -0.15) is 0 Å². The van der Waals surface area contributed by atoms with Crippen molar-refractivity contribution in [2.75, 3.05) is 13.2 Å². The molecule has 0 saturated carbocycles. The molecule has 0 radical (unpaired) electrons. The highest BCUT2D eigenvalue weighted by Gasteiger charge is 2.31. The van der Waals surface area contributed by atoms with E-state index in [0.29, 0.717) is 18.1 Å². The van der Waals surface area contributed by atoms with Crippen molar-refractivity contribution in [2.45, 2.75) is 38.8 Å². The van der Waals surface area contributed by atoms with E-state index in [1.165, 1.54) is 15.6 Å². The van der Waals surface area contributed by atoms with Gasteiger partial charge < -0.3 is 10.1 Å². The third-order valence-corrected chi connectivity index (χ3v) is 4.40. The standard InChI is InChI=1S/C15H22INO/c1-3-17-14(15-11(2)8-9-18-15)10-12-4-6-13(16)7-5-12/h4-7,11,14-15,17H,3,8-10H2,1-2H3. The van der Waals surface area contributed by atoms with Gasteiger partial charge in [0.25, 0.3) is 0 Å². The summed E-state index contributed by atoms with van der Waals surface area (Å²) in [4.78, 5) is 0. The normalized spacial score (nSPS) is 25.3. The van der Waals surface area contributed by atoms with Crippen LogP contribution in [0.4, 0.5) is 0 Å². The summed E-state index contributed by atoms with van der Waals surface area (Å²) in [6.45, 7) is 6.39. The molecule has 1 aromatic rings. The highest BCUT2D eigenvalue weighted by atomic mass is 127. The Morgan fingerprint density at radius 2 is 2.11 bits per heavy atom. The highest BCUT2D eigenvalue weighted by Crippen LogP contribution is 2.24. The van der Waals surface area contributed by atoms with Crippen molar-refractivity contribution in [3.05, 3.63) is 33.4 Å². The molecule has 0 bridgehead atoms. The van der Waals surface area contributed by atoms with E-state index >= 15 is 0 Å². The number of ether oxygens (including phenoxy) is 1. The average molecular weight is 359 g/mol. The van der Waals surface area contributed by atoms with E-state index in [9.17, 15) is 0 Å². The molecule has 0 aliphatic carbocycles. The highest BCUT2D eigenvalue weighted by molar-refractivity contribution is 14.1. The maximum absolute atomic E-state index is 5.91. The number of halogens is 1. The van der Waals surface area contributed by atoms with Crippen LogP contribution in [0.25, 0.3) is 0 Å². The molecule has 1 fully saturated rings. The summed E-state index contributed by atoms with van der Waals surface area (Å²) in [5, 5.41) is 3.59. The number of nitrogens with one attached hydrogen (secondary N) is 1. The van der Waals surface area contributed by atoms with Crippen LogP contribution in [0.15, 0.2) is 24.3 Å². The number of hydrogen-bond acceptors (Lipinski definition) is 2. The van der Waals surface area contributed by atoms with E-state index in [2.05, 4.69) is 66.0 Å². The van der Waals surface area contributed by atoms with Crippen molar-refractivity contribution >= 4 is 22.6 Å². The van der Waals surface area contributed by atoms with Crippen molar-refractivity contribution in [3.63, 3.8) is 0 Å². The minimum Gasteiger partial charge on any atom is -0.376 e. The van der Waals surface area contributed by atoms with Crippen LogP contribution in [-0.2, 0) is 11.2 Å². The largest absolute Gasteiger partial charge is 0.376 e. The lowest BCUT2D eigenvalue weighted by Crippen LogP contribution is -2.43. The van der Waals surface area contributed by atoms with Gasteiger partial charge in [-0.1, -0.05) is 26.0 Å². The van der Waals surface area contributed by atoms with Gasteiger partial charge in [0, 0.05) is 16.2 Å². The summed E-state index contributed by atoms with van der Waals surface area (Å²) in [6, 6.07) is 9.25. The Balaban J connectivity index is 2.03. The second kappa shape index (κ2) is 6.87. The van der Waals surface area contributed by atoms with Crippen LogP contribution in [0.3, 0.4) is 0 Å². The first-order valence-corrected chi connectivity index (χ1v) is 7.88. The Bertz CT molecular complexity index is 365. The number of likely N-dealkylation sites (N-methyl/N-ethyl adjacent to an activating group) is 1. The van der Waals surface area contributed by atoms with Crippen LogP contribution in [0.2, 0.25) is 0 Å². The summed E-state index contributed by atoms with van der Waals surface area (Å²) in [7, 11) is 0. The molecule has 1 aromatic carbocycles. The van der Waals surface area contributed by atoms with E-state index in [-0.39, 0.29) is 0 Å². The SMILES string of the molecule is CCNC(Cc1ccc(I)cc1)C1OCCC1C.